The van der Waals surface area contributed by atoms with E-state index in [0.717, 1.165) is 22.8 Å². The molecule has 1 aliphatic heterocycles. The van der Waals surface area contributed by atoms with Crippen LogP contribution >= 0.6 is 11.3 Å². The number of carbonyl (C=O) groups excluding carboxylic acids is 1. The molecule has 3 aromatic rings. The van der Waals surface area contributed by atoms with Crippen molar-refractivity contribution in [2.75, 3.05) is 26.2 Å². The molecular formula is C23H23N3O5S2. The van der Waals surface area contributed by atoms with E-state index < -0.39 is 14.9 Å². The first kappa shape index (κ1) is 23.1. The summed E-state index contributed by atoms with van der Waals surface area (Å²) < 4.78 is 27.6. The van der Waals surface area contributed by atoms with Crippen molar-refractivity contribution in [1.82, 2.24) is 9.21 Å². The maximum absolute atomic E-state index is 13.2. The van der Waals surface area contributed by atoms with E-state index >= 15 is 0 Å². The maximum Gasteiger partial charge on any atom is 0.270 e. The van der Waals surface area contributed by atoms with Gasteiger partial charge in [0.15, 0.2) is 0 Å². The molecule has 1 aliphatic rings. The Labute approximate surface area is 196 Å². The minimum atomic E-state index is -3.91. The molecule has 0 radical (unpaired) electrons. The summed E-state index contributed by atoms with van der Waals surface area (Å²) in [4.78, 5) is 25.9. The summed E-state index contributed by atoms with van der Waals surface area (Å²) in [6.45, 7) is 4.36. The first-order valence-corrected chi connectivity index (χ1v) is 12.7. The summed E-state index contributed by atoms with van der Waals surface area (Å²) in [5, 5.41) is 13.0. The van der Waals surface area contributed by atoms with E-state index in [0.29, 0.717) is 10.4 Å². The minimum absolute atomic E-state index is 0.0728. The lowest BCUT2D eigenvalue weighted by atomic mass is 10.0. The fourth-order valence-corrected chi connectivity index (χ4v) is 6.38. The first-order chi connectivity index (χ1) is 15.7. The molecule has 2 aromatic carbocycles. The highest BCUT2D eigenvalue weighted by Crippen LogP contribution is 2.31. The zero-order chi connectivity index (χ0) is 23.8. The molecule has 33 heavy (non-hydrogen) atoms. The molecule has 10 heteroatoms. The average Bonchev–Trinajstić information content (AvgIpc) is 3.29. The number of nitro benzene ring substituents is 1. The van der Waals surface area contributed by atoms with Crippen LogP contribution in [0.15, 0.2) is 58.8 Å². The van der Waals surface area contributed by atoms with Crippen LogP contribution in [-0.4, -0.2) is 54.6 Å². The number of nitro groups is 1. The summed E-state index contributed by atoms with van der Waals surface area (Å²) in [7, 11) is -3.91. The van der Waals surface area contributed by atoms with E-state index in [1.165, 1.54) is 27.8 Å². The molecule has 0 N–H and O–H groups in total. The molecule has 0 aliphatic carbocycles. The topological polar surface area (TPSA) is 101 Å². The molecule has 1 amide bonds. The fourth-order valence-electron chi connectivity index (χ4n) is 3.83. The minimum Gasteiger partial charge on any atom is -0.335 e. The zero-order valence-corrected chi connectivity index (χ0v) is 19.9. The predicted octanol–water partition coefficient (Wildman–Crippen LogP) is 4.09. The number of piperazine rings is 1. The van der Waals surface area contributed by atoms with E-state index in [2.05, 4.69) is 0 Å². The van der Waals surface area contributed by atoms with Gasteiger partial charge in [-0.2, -0.15) is 4.31 Å². The van der Waals surface area contributed by atoms with Crippen molar-refractivity contribution in [3.05, 3.63) is 80.0 Å². The van der Waals surface area contributed by atoms with Gasteiger partial charge in [-0.15, -0.1) is 11.3 Å². The van der Waals surface area contributed by atoms with Crippen LogP contribution in [0.1, 0.15) is 20.8 Å². The van der Waals surface area contributed by atoms with Crippen molar-refractivity contribution < 1.29 is 18.1 Å². The molecule has 0 spiro atoms. The molecule has 0 atom stereocenters. The molecule has 2 heterocycles. The lowest BCUT2D eigenvalue weighted by Crippen LogP contribution is -2.50. The quantitative estimate of drug-likeness (QED) is 0.400. The SMILES string of the molecule is Cc1ccc(-c2ccsc2C(=O)N2CCN(S(=O)(=O)c3cc([N+](=O)[O-])ccc3C)CC2)cc1. The average molecular weight is 486 g/mol. The Morgan fingerprint density at radius 3 is 2.30 bits per heavy atom. The van der Waals surface area contributed by atoms with Crippen molar-refractivity contribution in [1.29, 1.82) is 0 Å². The second-order valence-corrected chi connectivity index (χ2v) is 10.8. The number of hydrogen-bond acceptors (Lipinski definition) is 6. The largest absolute Gasteiger partial charge is 0.335 e. The van der Waals surface area contributed by atoms with E-state index in [1.807, 2.05) is 42.6 Å². The van der Waals surface area contributed by atoms with Gasteiger partial charge in [-0.1, -0.05) is 35.9 Å². The summed E-state index contributed by atoms with van der Waals surface area (Å²) in [5.41, 5.74) is 3.15. The highest BCUT2D eigenvalue weighted by atomic mass is 32.2. The Morgan fingerprint density at radius 1 is 1.00 bits per heavy atom. The third kappa shape index (κ3) is 4.54. The second kappa shape index (κ2) is 9.05. The maximum atomic E-state index is 13.2. The van der Waals surface area contributed by atoms with Gasteiger partial charge >= 0.3 is 0 Å². The van der Waals surface area contributed by atoms with E-state index in [1.54, 1.807) is 11.8 Å². The Morgan fingerprint density at radius 2 is 1.67 bits per heavy atom. The molecule has 0 bridgehead atoms. The summed E-state index contributed by atoms with van der Waals surface area (Å²) in [6.07, 6.45) is 0. The van der Waals surface area contributed by atoms with Gasteiger partial charge in [-0.05, 0) is 36.4 Å². The summed E-state index contributed by atoms with van der Waals surface area (Å²) >= 11 is 1.37. The van der Waals surface area contributed by atoms with Gasteiger partial charge < -0.3 is 4.90 Å². The monoisotopic (exact) mass is 485 g/mol. The number of carbonyl (C=O) groups is 1. The number of sulfonamides is 1. The normalized spacial score (nSPS) is 14.9. The Bertz CT molecular complexity index is 1310. The molecule has 4 rings (SSSR count). The second-order valence-electron chi connectivity index (χ2n) is 7.93. The van der Waals surface area contributed by atoms with E-state index in [4.69, 9.17) is 0 Å². The van der Waals surface area contributed by atoms with Gasteiger partial charge in [0.2, 0.25) is 10.0 Å². The molecular weight excluding hydrogens is 462 g/mol. The zero-order valence-electron chi connectivity index (χ0n) is 18.2. The smallest absolute Gasteiger partial charge is 0.270 e. The number of nitrogens with zero attached hydrogens (tertiary/aromatic N) is 3. The van der Waals surface area contributed by atoms with Crippen molar-refractivity contribution >= 4 is 33.0 Å². The predicted molar refractivity (Wildman–Crippen MR) is 127 cm³/mol. The van der Waals surface area contributed by atoms with Crippen LogP contribution in [0.5, 0.6) is 0 Å². The third-order valence-electron chi connectivity index (χ3n) is 5.75. The standard InChI is InChI=1S/C23H23N3O5S2/c1-16-3-6-18(7-4-16)20-9-14-32-22(20)23(27)24-10-12-25(13-11-24)33(30,31)21-15-19(26(28)29)8-5-17(21)2/h3-9,14-15H,10-13H2,1-2H3. The number of amides is 1. The van der Waals surface area contributed by atoms with Crippen LogP contribution in [0.25, 0.3) is 11.1 Å². The van der Waals surface area contributed by atoms with Crippen LogP contribution < -0.4 is 0 Å². The van der Waals surface area contributed by atoms with Gasteiger partial charge in [0, 0.05) is 43.9 Å². The lowest BCUT2D eigenvalue weighted by molar-refractivity contribution is -0.385. The van der Waals surface area contributed by atoms with E-state index in [-0.39, 0.29) is 42.7 Å². The number of non-ortho nitro benzene ring substituents is 1. The van der Waals surface area contributed by atoms with Crippen LogP contribution in [0.3, 0.4) is 0 Å². The first-order valence-electron chi connectivity index (χ1n) is 10.4. The molecule has 0 saturated carbocycles. The van der Waals surface area contributed by atoms with Gasteiger partial charge in [-0.25, -0.2) is 8.42 Å². The Kier molecular flexibility index (Phi) is 6.33. The molecule has 8 nitrogen and oxygen atoms in total. The van der Waals surface area contributed by atoms with Crippen molar-refractivity contribution in [2.24, 2.45) is 0 Å². The highest BCUT2D eigenvalue weighted by Gasteiger charge is 2.33. The number of rotatable bonds is 5. The molecule has 0 unspecified atom stereocenters. The van der Waals surface area contributed by atoms with Crippen LogP contribution in [-0.2, 0) is 10.0 Å². The van der Waals surface area contributed by atoms with Gasteiger partial charge in [0.25, 0.3) is 11.6 Å². The third-order valence-corrected chi connectivity index (χ3v) is 8.69. The van der Waals surface area contributed by atoms with Gasteiger partial charge in [0.05, 0.1) is 14.7 Å². The highest BCUT2D eigenvalue weighted by molar-refractivity contribution is 7.89. The fraction of sp³-hybridized carbons (Fsp3) is 0.261. The Balaban J connectivity index is 1.50. The van der Waals surface area contributed by atoms with Crippen LogP contribution in [0.2, 0.25) is 0 Å². The molecule has 1 fully saturated rings. The summed E-state index contributed by atoms with van der Waals surface area (Å²) in [6, 6.07) is 13.7. The molecule has 1 aromatic heterocycles. The number of hydrogen-bond donors (Lipinski definition) is 0. The van der Waals surface area contributed by atoms with Crippen molar-refractivity contribution in [3.8, 4) is 11.1 Å². The van der Waals surface area contributed by atoms with Crippen LogP contribution in [0.4, 0.5) is 5.69 Å². The number of thiophene rings is 1. The number of benzene rings is 2. The number of aryl methyl sites for hydroxylation is 2. The molecule has 172 valence electrons. The Hall–Kier alpha value is -3.08. The van der Waals surface area contributed by atoms with Gasteiger partial charge in [0.1, 0.15) is 0 Å². The van der Waals surface area contributed by atoms with Crippen LogP contribution in [0, 0.1) is 24.0 Å². The van der Waals surface area contributed by atoms with Crippen molar-refractivity contribution in [2.45, 2.75) is 18.7 Å². The van der Waals surface area contributed by atoms with Crippen molar-refractivity contribution in [3.63, 3.8) is 0 Å². The summed E-state index contributed by atoms with van der Waals surface area (Å²) in [5.74, 6) is -0.121. The molecule has 1 saturated heterocycles. The van der Waals surface area contributed by atoms with E-state index in [9.17, 15) is 23.3 Å². The van der Waals surface area contributed by atoms with Gasteiger partial charge in [-0.3, -0.25) is 14.9 Å². The lowest BCUT2D eigenvalue weighted by Gasteiger charge is -2.34.